The summed E-state index contributed by atoms with van der Waals surface area (Å²) < 4.78 is 0. The van der Waals surface area contributed by atoms with Crippen molar-refractivity contribution in [1.82, 2.24) is 15.0 Å². The molecule has 1 saturated heterocycles. The zero-order chi connectivity index (χ0) is 28.2. The predicted octanol–water partition coefficient (Wildman–Crippen LogP) is 6.65. The van der Waals surface area contributed by atoms with Crippen molar-refractivity contribution in [2.45, 2.75) is 64.3 Å². The molecule has 1 aromatic heterocycles. The second-order valence-corrected chi connectivity index (χ2v) is 11.9. The normalized spacial score (nSPS) is 21.7. The number of aromatic nitrogens is 2. The average Bonchev–Trinajstić information content (AvgIpc) is 3.67. The van der Waals surface area contributed by atoms with Crippen molar-refractivity contribution in [3.63, 3.8) is 0 Å². The molecule has 2 aromatic carbocycles. The van der Waals surface area contributed by atoms with Crippen LogP contribution in [0.5, 0.6) is 0 Å². The van der Waals surface area contributed by atoms with Crippen molar-refractivity contribution < 1.29 is 0 Å². The Morgan fingerprint density at radius 1 is 0.854 bits per heavy atom. The lowest BCUT2D eigenvalue weighted by atomic mass is 9.95. The van der Waals surface area contributed by atoms with E-state index in [2.05, 4.69) is 98.7 Å². The Morgan fingerprint density at radius 2 is 1.46 bits per heavy atom. The highest BCUT2D eigenvalue weighted by Gasteiger charge is 2.27. The van der Waals surface area contributed by atoms with Crippen LogP contribution in [0.3, 0.4) is 0 Å². The molecule has 2 unspecified atom stereocenters. The minimum absolute atomic E-state index is 0.344. The van der Waals surface area contributed by atoms with Gasteiger partial charge >= 0.3 is 0 Å². The summed E-state index contributed by atoms with van der Waals surface area (Å²) in [6.45, 7) is 12.7. The van der Waals surface area contributed by atoms with E-state index in [1.54, 1.807) is 6.33 Å². The third kappa shape index (κ3) is 6.09. The molecule has 7 nitrogen and oxygen atoms in total. The summed E-state index contributed by atoms with van der Waals surface area (Å²) in [6, 6.07) is 18.5. The van der Waals surface area contributed by atoms with Gasteiger partial charge in [-0.25, -0.2) is 15.0 Å². The van der Waals surface area contributed by atoms with Crippen molar-refractivity contribution in [2.75, 3.05) is 40.9 Å². The topological polar surface area (TPSA) is 51.1 Å². The summed E-state index contributed by atoms with van der Waals surface area (Å²) in [5.74, 6) is 2.36. The SMILES string of the molecule is C=C1N(c2ccc(N3CCN(c4ccc(CC[C@@H]5CCC(c6cncnc6)C5)cc4)CC3)cc2)C=NN1C(C)CC. The number of hydrazone groups is 1. The van der Waals surface area contributed by atoms with Crippen molar-refractivity contribution >= 4 is 23.4 Å². The monoisotopic (exact) mass is 549 g/mol. The Labute approximate surface area is 245 Å². The third-order valence-electron chi connectivity index (χ3n) is 9.35. The molecule has 2 aliphatic heterocycles. The number of rotatable bonds is 9. The summed E-state index contributed by atoms with van der Waals surface area (Å²) in [7, 11) is 0. The Hall–Kier alpha value is -3.87. The van der Waals surface area contributed by atoms with Gasteiger partial charge in [-0.15, -0.1) is 0 Å². The molecular formula is C34H43N7. The Bertz CT molecular complexity index is 1310. The van der Waals surface area contributed by atoms with E-state index in [1.165, 1.54) is 54.6 Å². The van der Waals surface area contributed by atoms with Gasteiger partial charge in [-0.1, -0.05) is 25.6 Å². The maximum atomic E-state index is 4.56. The lowest BCUT2D eigenvalue weighted by Gasteiger charge is -2.37. The molecule has 0 amide bonds. The quantitative estimate of drug-likeness (QED) is 0.298. The number of anilines is 3. The molecule has 3 aromatic rings. The molecule has 1 saturated carbocycles. The molecule has 2 fully saturated rings. The van der Waals surface area contributed by atoms with Crippen LogP contribution in [0.15, 0.2) is 84.8 Å². The summed E-state index contributed by atoms with van der Waals surface area (Å²) in [4.78, 5) is 15.5. The van der Waals surface area contributed by atoms with Crippen LogP contribution in [0.25, 0.3) is 0 Å². The van der Waals surface area contributed by atoms with Gasteiger partial charge in [-0.05, 0) is 105 Å². The highest BCUT2D eigenvalue weighted by molar-refractivity contribution is 5.85. The van der Waals surface area contributed by atoms with E-state index < -0.39 is 0 Å². The fourth-order valence-corrected chi connectivity index (χ4v) is 6.56. The highest BCUT2D eigenvalue weighted by atomic mass is 15.6. The van der Waals surface area contributed by atoms with Crippen LogP contribution >= 0.6 is 0 Å². The van der Waals surface area contributed by atoms with Crippen LogP contribution in [0.2, 0.25) is 0 Å². The maximum Gasteiger partial charge on any atom is 0.128 e. The fourth-order valence-electron chi connectivity index (χ4n) is 6.56. The Kier molecular flexibility index (Phi) is 8.21. The smallest absolute Gasteiger partial charge is 0.128 e. The predicted molar refractivity (Wildman–Crippen MR) is 169 cm³/mol. The van der Waals surface area contributed by atoms with E-state index in [9.17, 15) is 0 Å². The molecule has 3 atom stereocenters. The van der Waals surface area contributed by atoms with Crippen LogP contribution in [0.1, 0.15) is 63.0 Å². The molecule has 1 aliphatic carbocycles. The van der Waals surface area contributed by atoms with Gasteiger partial charge in [0.25, 0.3) is 0 Å². The molecular weight excluding hydrogens is 506 g/mol. The van der Waals surface area contributed by atoms with Gasteiger partial charge in [0.05, 0.1) is 6.04 Å². The van der Waals surface area contributed by atoms with Crippen LogP contribution < -0.4 is 14.7 Å². The number of hydrogen-bond acceptors (Lipinski definition) is 7. The highest BCUT2D eigenvalue weighted by Crippen LogP contribution is 2.40. The van der Waals surface area contributed by atoms with E-state index >= 15 is 0 Å². The molecule has 0 bridgehead atoms. The molecule has 41 heavy (non-hydrogen) atoms. The van der Waals surface area contributed by atoms with Gasteiger partial charge in [-0.3, -0.25) is 4.90 Å². The summed E-state index contributed by atoms with van der Waals surface area (Å²) in [6.07, 6.45) is 14.8. The second-order valence-electron chi connectivity index (χ2n) is 11.9. The molecule has 0 radical (unpaired) electrons. The molecule has 3 aliphatic rings. The molecule has 7 heteroatoms. The molecule has 3 heterocycles. The van der Waals surface area contributed by atoms with Crippen molar-refractivity contribution in [3.05, 3.63) is 90.8 Å². The lowest BCUT2D eigenvalue weighted by molar-refractivity contribution is 0.286. The van der Waals surface area contributed by atoms with Gasteiger partial charge in [0.1, 0.15) is 18.5 Å². The van der Waals surface area contributed by atoms with E-state index in [-0.39, 0.29) is 0 Å². The van der Waals surface area contributed by atoms with Crippen molar-refractivity contribution in [1.29, 1.82) is 0 Å². The molecule has 0 spiro atoms. The molecule has 6 rings (SSSR count). The van der Waals surface area contributed by atoms with Gasteiger partial charge in [0.2, 0.25) is 0 Å². The van der Waals surface area contributed by atoms with Gasteiger partial charge in [0, 0.05) is 55.6 Å². The first-order chi connectivity index (χ1) is 20.1. The average molecular weight is 550 g/mol. The van der Waals surface area contributed by atoms with Crippen LogP contribution in [0, 0.1) is 5.92 Å². The van der Waals surface area contributed by atoms with Crippen LogP contribution in [-0.4, -0.2) is 53.5 Å². The first-order valence-electron chi connectivity index (χ1n) is 15.3. The molecule has 0 N–H and O–H groups in total. The maximum absolute atomic E-state index is 4.56. The third-order valence-corrected chi connectivity index (χ3v) is 9.35. The van der Waals surface area contributed by atoms with E-state index in [4.69, 9.17) is 0 Å². The van der Waals surface area contributed by atoms with E-state index in [0.29, 0.717) is 12.0 Å². The summed E-state index contributed by atoms with van der Waals surface area (Å²) in [5.41, 5.74) is 6.49. The van der Waals surface area contributed by atoms with Crippen LogP contribution in [-0.2, 0) is 6.42 Å². The zero-order valence-electron chi connectivity index (χ0n) is 24.6. The lowest BCUT2D eigenvalue weighted by Crippen LogP contribution is -2.46. The van der Waals surface area contributed by atoms with Gasteiger partial charge in [0.15, 0.2) is 0 Å². The Balaban J connectivity index is 0.964. The number of piperazine rings is 1. The summed E-state index contributed by atoms with van der Waals surface area (Å²) in [5, 5.41) is 6.56. The minimum Gasteiger partial charge on any atom is -0.368 e. The standard InChI is InChI=1S/C34H43N7/c1-4-26(2)41-27(3)40(25-37-41)34-15-13-33(14-16-34)39-19-17-38(18-20-39)32-11-8-28(9-12-32)5-6-29-7-10-30(21-29)31-22-35-24-36-23-31/h8-9,11-16,22-26,29-30H,3-7,10,17-21H2,1-2H3/t26?,29-,30?/m1/s1. The number of nitrogens with zero attached hydrogens (tertiary/aromatic N) is 7. The van der Waals surface area contributed by atoms with Crippen molar-refractivity contribution in [2.24, 2.45) is 11.0 Å². The van der Waals surface area contributed by atoms with E-state index in [1.807, 2.05) is 23.7 Å². The molecule has 214 valence electrons. The Morgan fingerprint density at radius 3 is 2.10 bits per heavy atom. The number of benzene rings is 2. The van der Waals surface area contributed by atoms with Gasteiger partial charge in [-0.2, -0.15) is 5.10 Å². The van der Waals surface area contributed by atoms with Crippen LogP contribution in [0.4, 0.5) is 17.1 Å². The number of hydrogen-bond donors (Lipinski definition) is 0. The summed E-state index contributed by atoms with van der Waals surface area (Å²) >= 11 is 0. The van der Waals surface area contributed by atoms with Gasteiger partial charge < -0.3 is 9.80 Å². The largest absolute Gasteiger partial charge is 0.368 e. The second kappa shape index (κ2) is 12.3. The first-order valence-corrected chi connectivity index (χ1v) is 15.3. The zero-order valence-corrected chi connectivity index (χ0v) is 24.6. The fraction of sp³-hybridized carbons (Fsp3) is 0.441. The van der Waals surface area contributed by atoms with Crippen molar-refractivity contribution in [3.8, 4) is 0 Å². The minimum atomic E-state index is 0.344. The first kappa shape index (κ1) is 27.3. The number of aryl methyl sites for hydroxylation is 1. The van der Waals surface area contributed by atoms with E-state index in [0.717, 1.165) is 50.0 Å².